The lowest BCUT2D eigenvalue weighted by Crippen LogP contribution is -2.45. The van der Waals surface area contributed by atoms with Crippen LogP contribution in [-0.2, 0) is 19.6 Å². The van der Waals surface area contributed by atoms with Crippen LogP contribution in [0.2, 0.25) is 0 Å². The van der Waals surface area contributed by atoms with Crippen LogP contribution >= 0.6 is 52.1 Å². The van der Waals surface area contributed by atoms with Crippen molar-refractivity contribution >= 4 is 52.1 Å². The normalized spacial score (nSPS) is 15.9. The number of nitrogens with zero attached hydrogens (tertiary/aromatic N) is 4. The van der Waals surface area contributed by atoms with Crippen LogP contribution in [0.4, 0.5) is 0 Å². The third-order valence-electron chi connectivity index (χ3n) is 3.52. The van der Waals surface area contributed by atoms with Crippen molar-refractivity contribution in [1.82, 2.24) is 19.9 Å². The van der Waals surface area contributed by atoms with E-state index in [1.165, 1.54) is 8.66 Å². The summed E-state index contributed by atoms with van der Waals surface area (Å²) in [4.78, 5) is 10.5. The molecule has 0 unspecified atom stereocenters. The van der Waals surface area contributed by atoms with Crippen molar-refractivity contribution in [2.45, 2.75) is 19.6 Å². The molecule has 1 aliphatic rings. The van der Waals surface area contributed by atoms with Crippen molar-refractivity contribution in [3.8, 4) is 0 Å². The molecule has 0 amide bonds. The van der Waals surface area contributed by atoms with Gasteiger partial charge in [-0.2, -0.15) is 4.98 Å². The number of nitrogens with two attached hydrogens (primary N) is 1. The second-order valence-corrected chi connectivity index (χ2v) is 7.61. The maximum absolute atomic E-state index is 5.47. The molecular formula is C13H20BrCl2N5OS. The van der Waals surface area contributed by atoms with E-state index < -0.39 is 0 Å². The van der Waals surface area contributed by atoms with Gasteiger partial charge in [-0.15, -0.1) is 36.2 Å². The van der Waals surface area contributed by atoms with Crippen LogP contribution in [0.15, 0.2) is 20.4 Å². The molecule has 3 rings (SSSR count). The van der Waals surface area contributed by atoms with Crippen molar-refractivity contribution in [2.75, 3.05) is 26.2 Å². The van der Waals surface area contributed by atoms with Gasteiger partial charge >= 0.3 is 0 Å². The quantitative estimate of drug-likeness (QED) is 0.763. The first-order chi connectivity index (χ1) is 10.2. The Bertz CT molecular complexity index is 588. The fourth-order valence-corrected chi connectivity index (χ4v) is 3.93. The molecule has 23 heavy (non-hydrogen) atoms. The molecule has 1 fully saturated rings. The average molecular weight is 445 g/mol. The molecule has 0 aromatic carbocycles. The van der Waals surface area contributed by atoms with E-state index in [0.29, 0.717) is 12.4 Å². The monoisotopic (exact) mass is 443 g/mol. The van der Waals surface area contributed by atoms with Gasteiger partial charge in [0.1, 0.15) is 0 Å². The Kier molecular flexibility index (Phi) is 8.99. The Balaban J connectivity index is 0.00000132. The molecule has 3 heterocycles. The predicted molar refractivity (Wildman–Crippen MR) is 99.3 cm³/mol. The molecule has 2 N–H and O–H groups in total. The van der Waals surface area contributed by atoms with Crippen LogP contribution in [0.3, 0.4) is 0 Å². The fraction of sp³-hybridized carbons (Fsp3) is 0.538. The van der Waals surface area contributed by atoms with E-state index in [1.807, 2.05) is 11.3 Å². The Morgan fingerprint density at radius 2 is 1.78 bits per heavy atom. The van der Waals surface area contributed by atoms with Gasteiger partial charge in [0.15, 0.2) is 5.82 Å². The van der Waals surface area contributed by atoms with Gasteiger partial charge in [0.2, 0.25) is 5.89 Å². The maximum atomic E-state index is 5.47. The second kappa shape index (κ2) is 9.93. The third-order valence-corrected chi connectivity index (χ3v) is 5.13. The molecule has 6 nitrogen and oxygen atoms in total. The smallest absolute Gasteiger partial charge is 0.240 e. The number of aromatic nitrogens is 2. The van der Waals surface area contributed by atoms with Gasteiger partial charge in [0, 0.05) is 37.6 Å². The number of hydrogen-bond donors (Lipinski definition) is 1. The molecule has 0 atom stereocenters. The van der Waals surface area contributed by atoms with Crippen molar-refractivity contribution < 1.29 is 4.52 Å². The molecule has 1 aliphatic heterocycles. The minimum absolute atomic E-state index is 0. The average Bonchev–Trinajstić information content (AvgIpc) is 3.10. The van der Waals surface area contributed by atoms with E-state index in [2.05, 4.69) is 48.0 Å². The van der Waals surface area contributed by atoms with E-state index in [4.69, 9.17) is 10.3 Å². The zero-order chi connectivity index (χ0) is 14.7. The van der Waals surface area contributed by atoms with Gasteiger partial charge in [-0.3, -0.25) is 9.80 Å². The molecule has 130 valence electrons. The summed E-state index contributed by atoms with van der Waals surface area (Å²) in [7, 11) is 0. The largest absolute Gasteiger partial charge is 0.338 e. The highest BCUT2D eigenvalue weighted by Crippen LogP contribution is 2.23. The van der Waals surface area contributed by atoms with E-state index in [-0.39, 0.29) is 24.8 Å². The van der Waals surface area contributed by atoms with Gasteiger partial charge in [0.25, 0.3) is 0 Å². The van der Waals surface area contributed by atoms with Gasteiger partial charge in [-0.25, -0.2) is 0 Å². The zero-order valence-corrected chi connectivity index (χ0v) is 16.5. The molecule has 0 bridgehead atoms. The van der Waals surface area contributed by atoms with Gasteiger partial charge in [-0.05, 0) is 28.1 Å². The summed E-state index contributed by atoms with van der Waals surface area (Å²) in [6.07, 6.45) is 0. The highest BCUT2D eigenvalue weighted by atomic mass is 79.9. The van der Waals surface area contributed by atoms with Crippen molar-refractivity contribution in [1.29, 1.82) is 0 Å². The number of piperazine rings is 1. The lowest BCUT2D eigenvalue weighted by molar-refractivity contribution is 0.120. The van der Waals surface area contributed by atoms with Crippen LogP contribution in [0.1, 0.15) is 16.6 Å². The molecule has 2 aromatic heterocycles. The number of hydrogen-bond acceptors (Lipinski definition) is 7. The molecule has 0 aliphatic carbocycles. The molecule has 0 saturated carbocycles. The predicted octanol–water partition coefficient (Wildman–Crippen LogP) is 2.51. The van der Waals surface area contributed by atoms with Crippen LogP contribution in [0, 0.1) is 0 Å². The summed E-state index contributed by atoms with van der Waals surface area (Å²) in [6, 6.07) is 4.30. The van der Waals surface area contributed by atoms with Crippen LogP contribution < -0.4 is 5.73 Å². The molecule has 10 heteroatoms. The number of thiophene rings is 1. The molecule has 2 aromatic rings. The van der Waals surface area contributed by atoms with E-state index in [0.717, 1.165) is 45.1 Å². The molecule has 1 saturated heterocycles. The minimum atomic E-state index is 0. The van der Waals surface area contributed by atoms with E-state index in [9.17, 15) is 0 Å². The first kappa shape index (κ1) is 20.8. The third kappa shape index (κ3) is 5.97. The number of halogens is 3. The maximum Gasteiger partial charge on any atom is 0.240 e. The first-order valence-electron chi connectivity index (χ1n) is 6.93. The van der Waals surface area contributed by atoms with Gasteiger partial charge < -0.3 is 10.3 Å². The summed E-state index contributed by atoms with van der Waals surface area (Å²) in [5.41, 5.74) is 5.47. The van der Waals surface area contributed by atoms with Gasteiger partial charge in [0.05, 0.1) is 16.9 Å². The SMILES string of the molecule is Cl.Cl.NCc1nc(CN2CCN(Cc3ccc(Br)s3)CC2)no1. The van der Waals surface area contributed by atoms with Gasteiger partial charge in [-0.1, -0.05) is 5.16 Å². The van der Waals surface area contributed by atoms with Crippen LogP contribution in [0.25, 0.3) is 0 Å². The summed E-state index contributed by atoms with van der Waals surface area (Å²) >= 11 is 5.32. The molecule has 0 spiro atoms. The molecular weight excluding hydrogens is 425 g/mol. The standard InChI is InChI=1S/C13H18BrN5OS.2ClH/c14-11-2-1-10(21-11)8-18-3-5-19(6-4-18)9-12-16-13(7-15)20-17-12;;/h1-2H,3-9,15H2;2*1H. The van der Waals surface area contributed by atoms with E-state index >= 15 is 0 Å². The Labute approximate surface area is 160 Å². The Hall–Kier alpha value is -0.220. The van der Waals surface area contributed by atoms with E-state index in [1.54, 1.807) is 0 Å². The Morgan fingerprint density at radius 3 is 2.30 bits per heavy atom. The lowest BCUT2D eigenvalue weighted by atomic mass is 10.3. The highest BCUT2D eigenvalue weighted by molar-refractivity contribution is 9.11. The zero-order valence-electron chi connectivity index (χ0n) is 12.5. The Morgan fingerprint density at radius 1 is 1.13 bits per heavy atom. The summed E-state index contributed by atoms with van der Waals surface area (Å²) in [5, 5.41) is 3.95. The lowest BCUT2D eigenvalue weighted by Gasteiger charge is -2.33. The summed E-state index contributed by atoms with van der Waals surface area (Å²) < 4.78 is 6.23. The summed E-state index contributed by atoms with van der Waals surface area (Å²) in [5.74, 6) is 1.23. The molecule has 0 radical (unpaired) electrons. The summed E-state index contributed by atoms with van der Waals surface area (Å²) in [6.45, 7) is 6.26. The first-order valence-corrected chi connectivity index (χ1v) is 8.54. The van der Waals surface area contributed by atoms with Crippen LogP contribution in [0.5, 0.6) is 0 Å². The minimum Gasteiger partial charge on any atom is -0.338 e. The topological polar surface area (TPSA) is 71.4 Å². The van der Waals surface area contributed by atoms with Crippen molar-refractivity contribution in [2.24, 2.45) is 5.73 Å². The van der Waals surface area contributed by atoms with Crippen molar-refractivity contribution in [3.05, 3.63) is 32.5 Å². The fourth-order valence-electron chi connectivity index (χ4n) is 2.40. The second-order valence-electron chi connectivity index (χ2n) is 5.07. The van der Waals surface area contributed by atoms with Crippen molar-refractivity contribution in [3.63, 3.8) is 0 Å². The highest BCUT2D eigenvalue weighted by Gasteiger charge is 2.19. The number of rotatable bonds is 5. The van der Waals surface area contributed by atoms with Crippen LogP contribution in [-0.4, -0.2) is 46.1 Å².